The zero-order chi connectivity index (χ0) is 17.9. The van der Waals surface area contributed by atoms with E-state index in [4.69, 9.17) is 0 Å². The molecule has 6 nitrogen and oxygen atoms in total. The molecule has 1 N–H and O–H groups in total. The number of hydrogen-bond donors (Lipinski definition) is 1. The Balaban J connectivity index is 1.51. The number of imidazole rings is 1. The van der Waals surface area contributed by atoms with Crippen molar-refractivity contribution in [1.82, 2.24) is 24.3 Å². The first kappa shape index (κ1) is 16.1. The fraction of sp³-hybridized carbons (Fsp3) is 0.150. The van der Waals surface area contributed by atoms with Crippen LogP contribution in [0.5, 0.6) is 0 Å². The molecule has 0 bridgehead atoms. The molecule has 0 fully saturated rings. The Labute approximate surface area is 152 Å². The highest BCUT2D eigenvalue weighted by Crippen LogP contribution is 2.22. The van der Waals surface area contributed by atoms with E-state index in [0.717, 1.165) is 34.2 Å². The van der Waals surface area contributed by atoms with E-state index in [9.17, 15) is 0 Å². The number of nitrogens with zero attached hydrogens (tertiary/aromatic N) is 5. The van der Waals surface area contributed by atoms with Gasteiger partial charge in [-0.05, 0) is 19.1 Å². The summed E-state index contributed by atoms with van der Waals surface area (Å²) >= 11 is 0. The van der Waals surface area contributed by atoms with E-state index in [-0.39, 0.29) is 0 Å². The van der Waals surface area contributed by atoms with Gasteiger partial charge in [0.1, 0.15) is 11.6 Å². The smallest absolute Gasteiger partial charge is 0.138 e. The second-order valence-corrected chi connectivity index (χ2v) is 6.15. The number of aromatic nitrogens is 5. The molecule has 130 valence electrons. The highest BCUT2D eigenvalue weighted by atomic mass is 15.3. The molecule has 0 spiro atoms. The first-order valence-corrected chi connectivity index (χ1v) is 8.49. The Morgan fingerprint density at radius 2 is 1.88 bits per heavy atom. The van der Waals surface area contributed by atoms with E-state index in [1.807, 2.05) is 72.1 Å². The minimum absolute atomic E-state index is 0.684. The van der Waals surface area contributed by atoms with Crippen LogP contribution in [-0.2, 0) is 13.6 Å². The van der Waals surface area contributed by atoms with Crippen molar-refractivity contribution in [2.45, 2.75) is 13.5 Å². The third-order valence-electron chi connectivity index (χ3n) is 4.26. The summed E-state index contributed by atoms with van der Waals surface area (Å²) in [4.78, 5) is 8.75. The van der Waals surface area contributed by atoms with E-state index in [2.05, 4.69) is 32.5 Å². The molecule has 0 aliphatic heterocycles. The minimum Gasteiger partial charge on any atom is -0.380 e. The van der Waals surface area contributed by atoms with Crippen molar-refractivity contribution in [2.75, 3.05) is 5.32 Å². The van der Waals surface area contributed by atoms with Crippen LogP contribution in [-0.4, -0.2) is 24.3 Å². The fourth-order valence-electron chi connectivity index (χ4n) is 2.96. The van der Waals surface area contributed by atoms with Crippen LogP contribution in [0.25, 0.3) is 17.1 Å². The van der Waals surface area contributed by atoms with Gasteiger partial charge in [-0.15, -0.1) is 0 Å². The van der Waals surface area contributed by atoms with Crippen LogP contribution in [0.1, 0.15) is 11.4 Å². The van der Waals surface area contributed by atoms with Crippen molar-refractivity contribution in [3.8, 4) is 17.1 Å². The molecular formula is C20H20N6. The van der Waals surface area contributed by atoms with Gasteiger partial charge in [0.25, 0.3) is 0 Å². The average Bonchev–Trinajstić information content (AvgIpc) is 3.26. The molecule has 0 aliphatic rings. The number of hydrogen-bond acceptors (Lipinski definition) is 4. The van der Waals surface area contributed by atoms with Crippen LogP contribution in [0, 0.1) is 6.92 Å². The molecule has 0 saturated carbocycles. The number of rotatable bonds is 5. The van der Waals surface area contributed by atoms with Gasteiger partial charge in [0.05, 0.1) is 17.6 Å². The second kappa shape index (κ2) is 6.84. The van der Waals surface area contributed by atoms with Gasteiger partial charge in [-0.2, -0.15) is 5.10 Å². The van der Waals surface area contributed by atoms with Crippen LogP contribution in [0.15, 0.2) is 67.3 Å². The van der Waals surface area contributed by atoms with E-state index < -0.39 is 0 Å². The van der Waals surface area contributed by atoms with Gasteiger partial charge in [0, 0.05) is 43.3 Å². The standard InChI is InChI=1S/C20H20N6/c1-15-21-10-11-26(15)19-9-8-18(13-23-19)22-12-17-14-25(2)24-20(17)16-6-4-3-5-7-16/h3-11,13-14,22H,12H2,1-2H3. The van der Waals surface area contributed by atoms with Crippen molar-refractivity contribution in [1.29, 1.82) is 0 Å². The van der Waals surface area contributed by atoms with Gasteiger partial charge in [-0.3, -0.25) is 9.25 Å². The van der Waals surface area contributed by atoms with Crippen molar-refractivity contribution in [3.63, 3.8) is 0 Å². The van der Waals surface area contributed by atoms with E-state index in [1.165, 1.54) is 0 Å². The summed E-state index contributed by atoms with van der Waals surface area (Å²) in [6, 6.07) is 14.2. The Hall–Kier alpha value is -3.41. The molecule has 0 amide bonds. The topological polar surface area (TPSA) is 60.6 Å². The molecule has 4 aromatic rings. The monoisotopic (exact) mass is 344 g/mol. The molecule has 0 radical (unpaired) electrons. The van der Waals surface area contributed by atoms with E-state index in [1.54, 1.807) is 6.20 Å². The predicted octanol–water partition coefficient (Wildman–Crippen LogP) is 3.59. The largest absolute Gasteiger partial charge is 0.380 e. The number of nitrogens with one attached hydrogen (secondary N) is 1. The summed E-state index contributed by atoms with van der Waals surface area (Å²) < 4.78 is 3.81. The molecule has 4 rings (SSSR count). The number of benzene rings is 1. The third kappa shape index (κ3) is 3.21. The van der Waals surface area contributed by atoms with Crippen molar-refractivity contribution < 1.29 is 0 Å². The van der Waals surface area contributed by atoms with E-state index >= 15 is 0 Å². The molecule has 6 heteroatoms. The first-order valence-electron chi connectivity index (χ1n) is 8.49. The lowest BCUT2D eigenvalue weighted by Gasteiger charge is -2.08. The van der Waals surface area contributed by atoms with E-state index in [0.29, 0.717) is 6.54 Å². The summed E-state index contributed by atoms with van der Waals surface area (Å²) in [5.41, 5.74) is 4.23. The Morgan fingerprint density at radius 1 is 1.04 bits per heavy atom. The van der Waals surface area contributed by atoms with Crippen molar-refractivity contribution >= 4 is 5.69 Å². The van der Waals surface area contributed by atoms with Gasteiger partial charge >= 0.3 is 0 Å². The SMILES string of the molecule is Cc1nccn1-c1ccc(NCc2cn(C)nc2-c2ccccc2)cn1. The van der Waals surface area contributed by atoms with Crippen molar-refractivity contribution in [3.05, 3.63) is 78.6 Å². The Bertz CT molecular complexity index is 998. The first-order chi connectivity index (χ1) is 12.7. The minimum atomic E-state index is 0.684. The van der Waals surface area contributed by atoms with Crippen LogP contribution >= 0.6 is 0 Å². The molecule has 0 unspecified atom stereocenters. The summed E-state index contributed by atoms with van der Waals surface area (Å²) in [5, 5.41) is 8.03. The number of aryl methyl sites for hydroxylation is 2. The summed E-state index contributed by atoms with van der Waals surface area (Å²) in [6.07, 6.45) is 7.57. The normalized spacial score (nSPS) is 10.8. The van der Waals surface area contributed by atoms with Gasteiger partial charge in [-0.25, -0.2) is 9.97 Å². The Morgan fingerprint density at radius 3 is 2.58 bits per heavy atom. The third-order valence-corrected chi connectivity index (χ3v) is 4.26. The number of pyridine rings is 1. The zero-order valence-electron chi connectivity index (χ0n) is 14.8. The maximum absolute atomic E-state index is 4.60. The Kier molecular flexibility index (Phi) is 4.23. The highest BCUT2D eigenvalue weighted by molar-refractivity contribution is 5.63. The lowest BCUT2D eigenvalue weighted by Crippen LogP contribution is -2.02. The lowest BCUT2D eigenvalue weighted by atomic mass is 10.1. The number of anilines is 1. The van der Waals surface area contributed by atoms with Crippen LogP contribution < -0.4 is 5.32 Å². The maximum atomic E-state index is 4.60. The summed E-state index contributed by atoms with van der Waals surface area (Å²) in [5.74, 6) is 1.78. The molecule has 0 aliphatic carbocycles. The van der Waals surface area contributed by atoms with Crippen molar-refractivity contribution in [2.24, 2.45) is 7.05 Å². The quantitative estimate of drug-likeness (QED) is 0.601. The maximum Gasteiger partial charge on any atom is 0.138 e. The van der Waals surface area contributed by atoms with Crippen LogP contribution in [0.2, 0.25) is 0 Å². The second-order valence-electron chi connectivity index (χ2n) is 6.15. The molecule has 0 saturated heterocycles. The summed E-state index contributed by atoms with van der Waals surface area (Å²) in [7, 11) is 1.94. The predicted molar refractivity (Wildman–Crippen MR) is 102 cm³/mol. The van der Waals surface area contributed by atoms with Crippen LogP contribution in [0.3, 0.4) is 0 Å². The van der Waals surface area contributed by atoms with Gasteiger partial charge in [0.2, 0.25) is 0 Å². The molecular weight excluding hydrogens is 324 g/mol. The van der Waals surface area contributed by atoms with Gasteiger partial charge in [-0.1, -0.05) is 30.3 Å². The summed E-state index contributed by atoms with van der Waals surface area (Å²) in [6.45, 7) is 2.64. The molecule has 3 aromatic heterocycles. The molecule has 1 aromatic carbocycles. The molecule has 0 atom stereocenters. The molecule has 26 heavy (non-hydrogen) atoms. The molecule has 3 heterocycles. The van der Waals surface area contributed by atoms with Gasteiger partial charge in [0.15, 0.2) is 0 Å². The van der Waals surface area contributed by atoms with Crippen LogP contribution in [0.4, 0.5) is 5.69 Å². The zero-order valence-corrected chi connectivity index (χ0v) is 14.8. The average molecular weight is 344 g/mol. The fourth-order valence-corrected chi connectivity index (χ4v) is 2.96. The highest BCUT2D eigenvalue weighted by Gasteiger charge is 2.10. The lowest BCUT2D eigenvalue weighted by molar-refractivity contribution is 0.770. The van der Waals surface area contributed by atoms with Gasteiger partial charge < -0.3 is 5.32 Å².